The van der Waals surface area contributed by atoms with Gasteiger partial charge in [-0.05, 0) is 69.8 Å². The van der Waals surface area contributed by atoms with Crippen molar-refractivity contribution in [3.05, 3.63) is 149 Å². The zero-order chi connectivity index (χ0) is 36.1. The Labute approximate surface area is 303 Å². The quantitative estimate of drug-likeness (QED) is 0.152. The van der Waals surface area contributed by atoms with Crippen LogP contribution in [0.4, 0.5) is 5.69 Å². The third-order valence-electron chi connectivity index (χ3n) is 11.3. The lowest BCUT2D eigenvalue weighted by Gasteiger charge is -2.39. The molecule has 3 aliphatic heterocycles. The first-order valence-electron chi connectivity index (χ1n) is 17.2. The van der Waals surface area contributed by atoms with Crippen LogP contribution in [-0.4, -0.2) is 44.3 Å². The van der Waals surface area contributed by atoms with Crippen LogP contribution in [0, 0.1) is 11.8 Å². The number of hydrogen-bond donors (Lipinski definition) is 0. The number of fused-ring (bicyclic) bond motifs is 7. The molecule has 0 N–H and O–H groups in total. The second-order valence-electron chi connectivity index (χ2n) is 13.5. The summed E-state index contributed by atoms with van der Waals surface area (Å²) in [6, 6.07) is 35.8. The number of carbonyl (C=O) groups excluding carboxylic acids is 4. The molecule has 10 rings (SSSR count). The average Bonchev–Trinajstić information content (AvgIpc) is 4.01. The summed E-state index contributed by atoms with van der Waals surface area (Å²) < 4.78 is 28.2. The maximum absolute atomic E-state index is 16.3. The lowest BCUT2D eigenvalue weighted by atomic mass is 9.59. The number of para-hydroxylation sites is 1. The number of rotatable bonds is 6. The molecular formula is C43H29NO9. The molecule has 5 aromatic rings. The van der Waals surface area contributed by atoms with Gasteiger partial charge in [0.15, 0.2) is 28.8 Å². The maximum Gasteiger partial charge on any atom is 0.339 e. The molecule has 5 aliphatic rings. The zero-order valence-electron chi connectivity index (χ0n) is 28.2. The highest BCUT2D eigenvalue weighted by Gasteiger charge is 2.83. The summed E-state index contributed by atoms with van der Waals surface area (Å²) >= 11 is 0. The maximum atomic E-state index is 16.3. The first-order chi connectivity index (χ1) is 25.9. The van der Waals surface area contributed by atoms with E-state index in [2.05, 4.69) is 0 Å². The van der Waals surface area contributed by atoms with Gasteiger partial charge in [0.05, 0.1) is 41.0 Å². The van der Waals surface area contributed by atoms with Crippen molar-refractivity contribution in [1.29, 1.82) is 0 Å². The standard InChI is InChI=1S/C43H29NO9/c1-49-40(47)28-14-8-9-15-29(28)44-38(45)36-37(39(44)46)43(27-12-6-3-7-13-27)35(25-17-19-31-33(21-25)53-23-51-31)34(24-16-18-30-32(20-24)52-22-50-30)42(36,41(43)48)26-10-4-2-5-11-26/h2-21,36-37H,22-23H2,1H3/t36-,37-,42+,43+/m1/s1. The number of methoxy groups -OCH3 is 1. The van der Waals surface area contributed by atoms with Crippen LogP contribution >= 0.6 is 0 Å². The van der Waals surface area contributed by atoms with Crippen molar-refractivity contribution >= 4 is 40.4 Å². The van der Waals surface area contributed by atoms with E-state index in [-0.39, 0.29) is 30.6 Å². The van der Waals surface area contributed by atoms with Crippen LogP contribution in [-0.2, 0) is 30.0 Å². The summed E-state index contributed by atoms with van der Waals surface area (Å²) in [5, 5.41) is 0. The third-order valence-corrected chi connectivity index (χ3v) is 11.3. The van der Waals surface area contributed by atoms with Crippen LogP contribution in [0.1, 0.15) is 32.6 Å². The highest BCUT2D eigenvalue weighted by atomic mass is 16.7. The average molecular weight is 704 g/mol. The second kappa shape index (κ2) is 11.2. The molecule has 4 atom stereocenters. The van der Waals surface area contributed by atoms with E-state index in [1.165, 1.54) is 13.2 Å². The van der Waals surface area contributed by atoms with Gasteiger partial charge in [-0.2, -0.15) is 0 Å². The molecule has 2 fully saturated rings. The molecule has 1 saturated carbocycles. The summed E-state index contributed by atoms with van der Waals surface area (Å²) in [6.45, 7) is 0.0750. The van der Waals surface area contributed by atoms with E-state index in [9.17, 15) is 4.79 Å². The van der Waals surface area contributed by atoms with Gasteiger partial charge in [-0.1, -0.05) is 84.9 Å². The van der Waals surface area contributed by atoms with E-state index >= 15 is 14.4 Å². The number of ketones is 1. The first kappa shape index (κ1) is 31.1. The fourth-order valence-corrected chi connectivity index (χ4v) is 9.42. The topological polar surface area (TPSA) is 118 Å². The van der Waals surface area contributed by atoms with Crippen molar-refractivity contribution in [2.45, 2.75) is 10.8 Å². The Kier molecular flexibility index (Phi) is 6.54. The number of ether oxygens (including phenoxy) is 5. The summed E-state index contributed by atoms with van der Waals surface area (Å²) in [4.78, 5) is 61.3. The van der Waals surface area contributed by atoms with Crippen LogP contribution in [0.5, 0.6) is 23.0 Å². The second-order valence-corrected chi connectivity index (χ2v) is 13.5. The van der Waals surface area contributed by atoms with Gasteiger partial charge >= 0.3 is 5.97 Å². The molecule has 10 heteroatoms. The number of imide groups is 1. The normalized spacial score (nSPS) is 24.6. The Morgan fingerprint density at radius 3 is 1.55 bits per heavy atom. The van der Waals surface area contributed by atoms with Crippen LogP contribution in [0.3, 0.4) is 0 Å². The summed E-state index contributed by atoms with van der Waals surface area (Å²) in [5.41, 5.74) is 0.310. The highest BCUT2D eigenvalue weighted by Crippen LogP contribution is 2.75. The SMILES string of the molecule is COC(=O)c1ccccc1N1C(=O)[C@H]2[C@H](C1=O)[C@@]1(c3ccccc3)C(=O)[C@@]2(c2ccccc2)C(c2ccc3c(c2)OCO3)=C1c1ccc2c(c1)OCO2. The minimum Gasteiger partial charge on any atom is -0.465 e. The summed E-state index contributed by atoms with van der Waals surface area (Å²) in [5.74, 6) is -2.48. The summed E-state index contributed by atoms with van der Waals surface area (Å²) in [7, 11) is 1.24. The highest BCUT2D eigenvalue weighted by molar-refractivity contribution is 6.39. The van der Waals surface area contributed by atoms with Crippen molar-refractivity contribution in [2.24, 2.45) is 11.8 Å². The van der Waals surface area contributed by atoms with E-state index in [1.807, 2.05) is 84.9 Å². The monoisotopic (exact) mass is 703 g/mol. The van der Waals surface area contributed by atoms with E-state index in [0.717, 1.165) is 4.90 Å². The van der Waals surface area contributed by atoms with Crippen LogP contribution in [0.15, 0.2) is 121 Å². The van der Waals surface area contributed by atoms with Gasteiger partial charge in [-0.15, -0.1) is 0 Å². The van der Waals surface area contributed by atoms with E-state index in [4.69, 9.17) is 23.7 Å². The first-order valence-corrected chi connectivity index (χ1v) is 17.2. The van der Waals surface area contributed by atoms with Crippen LogP contribution < -0.4 is 23.8 Å². The third kappa shape index (κ3) is 3.87. The van der Waals surface area contributed by atoms with Gasteiger partial charge in [-0.25, -0.2) is 9.69 Å². The van der Waals surface area contributed by atoms with Crippen LogP contribution in [0.25, 0.3) is 11.1 Å². The molecule has 0 radical (unpaired) electrons. The Hall–Kier alpha value is -6.68. The van der Waals surface area contributed by atoms with Gasteiger partial charge < -0.3 is 23.7 Å². The number of benzene rings is 5. The number of hydrogen-bond acceptors (Lipinski definition) is 9. The van der Waals surface area contributed by atoms with E-state index in [1.54, 1.807) is 30.3 Å². The lowest BCUT2D eigenvalue weighted by molar-refractivity contribution is -0.130. The summed E-state index contributed by atoms with van der Waals surface area (Å²) in [6.07, 6.45) is 0. The Morgan fingerprint density at radius 2 is 1.06 bits per heavy atom. The number of carbonyl (C=O) groups is 4. The molecule has 0 unspecified atom stereocenters. The lowest BCUT2D eigenvalue weighted by Crippen LogP contribution is -2.46. The molecule has 1 saturated heterocycles. The molecule has 5 aromatic carbocycles. The van der Waals surface area contributed by atoms with Crippen LogP contribution in [0.2, 0.25) is 0 Å². The predicted octanol–water partition coefficient (Wildman–Crippen LogP) is 6.12. The van der Waals surface area contributed by atoms with E-state index in [0.29, 0.717) is 56.4 Å². The van der Waals surface area contributed by atoms with Crippen molar-refractivity contribution in [3.63, 3.8) is 0 Å². The number of allylic oxidation sites excluding steroid dienone is 2. The number of esters is 1. The molecule has 0 spiro atoms. The molecule has 53 heavy (non-hydrogen) atoms. The minimum absolute atomic E-state index is 0.0375. The molecule has 3 heterocycles. The fraction of sp³-hybridized carbons (Fsp3) is 0.163. The Balaban J connectivity index is 1.36. The number of anilines is 1. The molecule has 260 valence electrons. The van der Waals surface area contributed by atoms with Gasteiger partial charge in [0.25, 0.3) is 0 Å². The number of Topliss-reactive ketones (excluding diaryl/α,β-unsaturated/α-hetero) is 1. The Morgan fingerprint density at radius 1 is 0.604 bits per heavy atom. The van der Waals surface area contributed by atoms with Gasteiger partial charge in [0.1, 0.15) is 0 Å². The van der Waals surface area contributed by atoms with Crippen molar-refractivity contribution < 1.29 is 42.9 Å². The molecular weight excluding hydrogens is 674 g/mol. The molecule has 10 nitrogen and oxygen atoms in total. The molecule has 0 aromatic heterocycles. The smallest absolute Gasteiger partial charge is 0.339 e. The molecule has 2 bridgehead atoms. The largest absolute Gasteiger partial charge is 0.465 e. The molecule has 2 aliphatic carbocycles. The van der Waals surface area contributed by atoms with Crippen molar-refractivity contribution in [1.82, 2.24) is 0 Å². The number of nitrogens with zero attached hydrogens (tertiary/aromatic N) is 1. The Bertz CT molecular complexity index is 2320. The van der Waals surface area contributed by atoms with Gasteiger partial charge in [0, 0.05) is 0 Å². The van der Waals surface area contributed by atoms with Gasteiger partial charge in [0.2, 0.25) is 25.4 Å². The zero-order valence-corrected chi connectivity index (χ0v) is 28.2. The van der Waals surface area contributed by atoms with E-state index < -0.39 is 40.4 Å². The number of amides is 2. The predicted molar refractivity (Wildman–Crippen MR) is 190 cm³/mol. The fourth-order valence-electron chi connectivity index (χ4n) is 9.42. The van der Waals surface area contributed by atoms with Crippen molar-refractivity contribution in [2.75, 3.05) is 25.6 Å². The minimum atomic E-state index is -1.68. The van der Waals surface area contributed by atoms with Gasteiger partial charge in [-0.3, -0.25) is 14.4 Å². The molecule has 2 amide bonds. The van der Waals surface area contributed by atoms with Crippen molar-refractivity contribution in [3.8, 4) is 23.0 Å².